The smallest absolute Gasteiger partial charge is 0.255 e. The van der Waals surface area contributed by atoms with Gasteiger partial charge < -0.3 is 25.0 Å². The van der Waals surface area contributed by atoms with Crippen LogP contribution in [0.1, 0.15) is 33.5 Å². The van der Waals surface area contributed by atoms with E-state index in [0.717, 1.165) is 16.7 Å². The van der Waals surface area contributed by atoms with E-state index >= 15 is 0 Å². The highest BCUT2D eigenvalue weighted by Crippen LogP contribution is 2.36. The van der Waals surface area contributed by atoms with Gasteiger partial charge in [-0.2, -0.15) is 11.8 Å². The van der Waals surface area contributed by atoms with Gasteiger partial charge in [-0.15, -0.1) is 0 Å². The predicted octanol–water partition coefficient (Wildman–Crippen LogP) is 2.22. The molecule has 8 nitrogen and oxygen atoms in total. The van der Waals surface area contributed by atoms with Crippen LogP contribution in [-0.4, -0.2) is 65.8 Å². The van der Waals surface area contributed by atoms with Crippen LogP contribution in [0.3, 0.4) is 0 Å². The van der Waals surface area contributed by atoms with Crippen LogP contribution in [0.2, 0.25) is 0 Å². The van der Waals surface area contributed by atoms with Gasteiger partial charge in [-0.1, -0.05) is 18.2 Å². The molecule has 34 heavy (non-hydrogen) atoms. The number of methoxy groups -OCH3 is 2. The lowest BCUT2D eigenvalue weighted by Gasteiger charge is -2.39. The van der Waals surface area contributed by atoms with Crippen molar-refractivity contribution in [2.24, 2.45) is 5.73 Å². The minimum atomic E-state index is -0.810. The molecular formula is C25H29N3O5S. The molecule has 180 valence electrons. The summed E-state index contributed by atoms with van der Waals surface area (Å²) < 4.78 is 10.8. The Labute approximate surface area is 203 Å². The molecule has 2 aliphatic heterocycles. The lowest BCUT2D eigenvalue weighted by Crippen LogP contribution is -2.57. The molecular weight excluding hydrogens is 454 g/mol. The molecule has 2 aliphatic rings. The van der Waals surface area contributed by atoms with Gasteiger partial charge >= 0.3 is 0 Å². The van der Waals surface area contributed by atoms with Gasteiger partial charge in [0.15, 0.2) is 11.5 Å². The number of thioether (sulfide) groups is 1. The van der Waals surface area contributed by atoms with Gasteiger partial charge in [0, 0.05) is 25.1 Å². The number of rotatable bonds is 8. The minimum Gasteiger partial charge on any atom is -0.493 e. The van der Waals surface area contributed by atoms with E-state index in [1.165, 1.54) is 4.90 Å². The Morgan fingerprint density at radius 1 is 1.09 bits per heavy atom. The van der Waals surface area contributed by atoms with Crippen LogP contribution >= 0.6 is 11.8 Å². The van der Waals surface area contributed by atoms with E-state index in [9.17, 15) is 14.4 Å². The molecule has 9 heteroatoms. The molecule has 3 amide bonds. The van der Waals surface area contributed by atoms with E-state index in [1.54, 1.807) is 36.9 Å². The van der Waals surface area contributed by atoms with Crippen molar-refractivity contribution < 1.29 is 23.9 Å². The second-order valence-electron chi connectivity index (χ2n) is 8.45. The first-order valence-electron chi connectivity index (χ1n) is 11.1. The Morgan fingerprint density at radius 3 is 2.38 bits per heavy atom. The monoisotopic (exact) mass is 483 g/mol. The van der Waals surface area contributed by atoms with Crippen molar-refractivity contribution in [3.63, 3.8) is 0 Å². The first-order chi connectivity index (χ1) is 16.4. The average Bonchev–Trinajstić information content (AvgIpc) is 3.18. The summed E-state index contributed by atoms with van der Waals surface area (Å²) >= 11 is 1.61. The van der Waals surface area contributed by atoms with Crippen LogP contribution < -0.4 is 15.2 Å². The average molecular weight is 484 g/mol. The molecule has 0 aliphatic carbocycles. The van der Waals surface area contributed by atoms with Crippen molar-refractivity contribution in [1.82, 2.24) is 9.80 Å². The van der Waals surface area contributed by atoms with Crippen LogP contribution in [0.4, 0.5) is 0 Å². The topological polar surface area (TPSA) is 102 Å². The summed E-state index contributed by atoms with van der Waals surface area (Å²) in [5, 5.41) is 0. The van der Waals surface area contributed by atoms with E-state index in [4.69, 9.17) is 15.2 Å². The predicted molar refractivity (Wildman–Crippen MR) is 130 cm³/mol. The second-order valence-corrected chi connectivity index (χ2v) is 9.44. The zero-order valence-corrected chi connectivity index (χ0v) is 20.4. The maximum Gasteiger partial charge on any atom is 0.255 e. The van der Waals surface area contributed by atoms with Crippen LogP contribution in [0.25, 0.3) is 0 Å². The summed E-state index contributed by atoms with van der Waals surface area (Å²) in [6.45, 7) is 0.573. The molecule has 2 aromatic carbocycles. The fourth-order valence-corrected chi connectivity index (χ4v) is 5.22. The molecule has 2 heterocycles. The number of carbonyl (C=O) groups excluding carboxylic acids is 3. The number of primary amides is 1. The maximum absolute atomic E-state index is 13.9. The maximum atomic E-state index is 13.9. The van der Waals surface area contributed by atoms with Crippen LogP contribution in [0, 0.1) is 0 Å². The lowest BCUT2D eigenvalue weighted by molar-refractivity contribution is -0.144. The standard InChI is InChI=1S/C25H29N3O5S/c1-32-21-11-16-10-20(23(26)29)28(14-17(16)12-22(21)33-2)25(31)19(8-9-34-3)27-13-15-6-4-5-7-18(15)24(27)30/h4-7,11-12,19-20H,8-10,13-14H2,1-3H3,(H2,26,29)/t19-,20-/m0/s1. The third-order valence-corrected chi connectivity index (χ3v) is 7.20. The fourth-order valence-electron chi connectivity index (χ4n) is 4.76. The molecule has 0 radical (unpaired) electrons. The van der Waals surface area contributed by atoms with E-state index in [0.29, 0.717) is 35.8 Å². The van der Waals surface area contributed by atoms with Crippen molar-refractivity contribution in [2.75, 3.05) is 26.2 Å². The Hall–Kier alpha value is -3.20. The molecule has 0 saturated carbocycles. The number of benzene rings is 2. The van der Waals surface area contributed by atoms with Crippen molar-refractivity contribution in [3.8, 4) is 11.5 Å². The van der Waals surface area contributed by atoms with Crippen molar-refractivity contribution in [3.05, 3.63) is 58.7 Å². The number of hydrogen-bond acceptors (Lipinski definition) is 6. The molecule has 0 bridgehead atoms. The van der Waals surface area contributed by atoms with Gasteiger partial charge in [0.25, 0.3) is 5.91 Å². The number of nitrogens with two attached hydrogens (primary N) is 1. The Morgan fingerprint density at radius 2 is 1.76 bits per heavy atom. The van der Waals surface area contributed by atoms with Gasteiger partial charge in [-0.25, -0.2) is 0 Å². The summed E-state index contributed by atoms with van der Waals surface area (Å²) in [6, 6.07) is 9.58. The summed E-state index contributed by atoms with van der Waals surface area (Å²) in [5.41, 5.74) is 9.03. The zero-order valence-electron chi connectivity index (χ0n) is 19.6. The number of fused-ring (bicyclic) bond motifs is 2. The summed E-state index contributed by atoms with van der Waals surface area (Å²) in [5.74, 6) is 0.813. The zero-order chi connectivity index (χ0) is 24.4. The van der Waals surface area contributed by atoms with E-state index in [-0.39, 0.29) is 24.8 Å². The SMILES string of the molecule is COc1cc2c(cc1OC)CN(C(=O)[C@H](CCSC)N1Cc3ccccc3C1=O)[C@H](C(N)=O)C2. The van der Waals surface area contributed by atoms with Crippen molar-refractivity contribution in [1.29, 1.82) is 0 Å². The van der Waals surface area contributed by atoms with Crippen molar-refractivity contribution >= 4 is 29.5 Å². The van der Waals surface area contributed by atoms with E-state index < -0.39 is 18.0 Å². The van der Waals surface area contributed by atoms with Gasteiger partial charge in [0.05, 0.1) is 14.2 Å². The first-order valence-corrected chi connectivity index (χ1v) is 12.5. The molecule has 0 fully saturated rings. The first kappa shape index (κ1) is 23.9. The van der Waals surface area contributed by atoms with E-state index in [2.05, 4.69) is 0 Å². The quantitative estimate of drug-likeness (QED) is 0.618. The lowest BCUT2D eigenvalue weighted by atomic mass is 9.92. The molecule has 0 aromatic heterocycles. The number of carbonyl (C=O) groups is 3. The van der Waals surface area contributed by atoms with Gasteiger partial charge in [0.2, 0.25) is 11.8 Å². The largest absolute Gasteiger partial charge is 0.493 e. The Bertz CT molecular complexity index is 1120. The highest BCUT2D eigenvalue weighted by Gasteiger charge is 2.42. The van der Waals surface area contributed by atoms with Crippen LogP contribution in [0.5, 0.6) is 11.5 Å². The molecule has 0 saturated heterocycles. The summed E-state index contributed by atoms with van der Waals surface area (Å²) in [7, 11) is 3.10. The third-order valence-electron chi connectivity index (χ3n) is 6.55. The van der Waals surface area contributed by atoms with E-state index in [1.807, 2.05) is 36.6 Å². The molecule has 4 rings (SSSR count). The molecule has 2 aromatic rings. The highest BCUT2D eigenvalue weighted by molar-refractivity contribution is 7.98. The van der Waals surface area contributed by atoms with Crippen molar-refractivity contribution in [2.45, 2.75) is 38.0 Å². The van der Waals surface area contributed by atoms with Gasteiger partial charge in [0.1, 0.15) is 12.1 Å². The fraction of sp³-hybridized carbons (Fsp3) is 0.400. The second kappa shape index (κ2) is 9.97. The number of ether oxygens (including phenoxy) is 2. The number of nitrogens with zero attached hydrogens (tertiary/aromatic N) is 2. The number of hydrogen-bond donors (Lipinski definition) is 1. The minimum absolute atomic E-state index is 0.158. The molecule has 2 atom stereocenters. The number of amides is 3. The summed E-state index contributed by atoms with van der Waals surface area (Å²) in [4.78, 5) is 42.7. The normalized spacial score (nSPS) is 17.7. The molecule has 0 spiro atoms. The third kappa shape index (κ3) is 4.32. The van der Waals surface area contributed by atoms with Gasteiger partial charge in [-0.05, 0) is 53.3 Å². The van der Waals surface area contributed by atoms with Gasteiger partial charge in [-0.3, -0.25) is 14.4 Å². The highest BCUT2D eigenvalue weighted by atomic mass is 32.2. The van der Waals surface area contributed by atoms with Crippen LogP contribution in [0.15, 0.2) is 36.4 Å². The molecule has 0 unspecified atom stereocenters. The summed E-state index contributed by atoms with van der Waals surface area (Å²) in [6.07, 6.45) is 2.73. The van der Waals surface area contributed by atoms with Crippen LogP contribution in [-0.2, 0) is 29.1 Å². The molecule has 2 N–H and O–H groups in total. The Kier molecular flexibility index (Phi) is 7.02. The Balaban J connectivity index is 1.68.